The molecule has 8 nitrogen and oxygen atoms in total. The normalized spacial score (nSPS) is 24.8. The number of nitriles is 1. The van der Waals surface area contributed by atoms with Crippen LogP contribution in [-0.4, -0.2) is 43.8 Å². The standard InChI is InChI=1S/C21H26N4O4/c1-21(12-22,15-2-3-15)24-19(26)11-25-8-6-14(7-9-25)20(27)23-16-4-5-17-18(10-16)29-13-28-17/h4-5,10,14-15H,2-3,6-9,11,13H2,1H3,(H,23,27)(H,24,26)/p+1/t21-/m0/s1. The summed E-state index contributed by atoms with van der Waals surface area (Å²) in [7, 11) is 0. The van der Waals surface area contributed by atoms with Gasteiger partial charge in [-0.15, -0.1) is 0 Å². The number of amides is 2. The van der Waals surface area contributed by atoms with E-state index < -0.39 is 5.54 Å². The third-order valence-corrected chi connectivity index (χ3v) is 6.14. The number of carbonyl (C=O) groups is 2. The van der Waals surface area contributed by atoms with Crippen molar-refractivity contribution < 1.29 is 24.0 Å². The molecule has 1 aromatic carbocycles. The number of hydrogen-bond donors (Lipinski definition) is 3. The van der Waals surface area contributed by atoms with Crippen LogP contribution in [0.5, 0.6) is 11.5 Å². The number of anilines is 1. The van der Waals surface area contributed by atoms with Gasteiger partial charge in [0.25, 0.3) is 5.91 Å². The first-order valence-electron chi connectivity index (χ1n) is 10.2. The van der Waals surface area contributed by atoms with E-state index in [-0.39, 0.29) is 30.4 Å². The van der Waals surface area contributed by atoms with Gasteiger partial charge in [0.05, 0.1) is 19.2 Å². The molecular formula is C21H27N4O4+. The van der Waals surface area contributed by atoms with Gasteiger partial charge in [0.2, 0.25) is 12.7 Å². The highest BCUT2D eigenvalue weighted by atomic mass is 16.7. The van der Waals surface area contributed by atoms with Crippen LogP contribution < -0.4 is 25.0 Å². The number of piperidine rings is 1. The molecule has 2 amide bonds. The second-order valence-corrected chi connectivity index (χ2v) is 8.39. The van der Waals surface area contributed by atoms with Crippen molar-refractivity contribution in [2.24, 2.45) is 11.8 Å². The van der Waals surface area contributed by atoms with Crippen LogP contribution in [0.15, 0.2) is 18.2 Å². The van der Waals surface area contributed by atoms with E-state index in [2.05, 4.69) is 16.7 Å². The molecule has 1 saturated carbocycles. The Morgan fingerprint density at radius 1 is 1.21 bits per heavy atom. The Bertz CT molecular complexity index is 840. The van der Waals surface area contributed by atoms with Crippen LogP contribution in [0.2, 0.25) is 0 Å². The van der Waals surface area contributed by atoms with Gasteiger partial charge in [0.1, 0.15) is 5.54 Å². The van der Waals surface area contributed by atoms with Crippen molar-refractivity contribution in [3.05, 3.63) is 18.2 Å². The molecule has 1 aliphatic carbocycles. The van der Waals surface area contributed by atoms with E-state index >= 15 is 0 Å². The van der Waals surface area contributed by atoms with Crippen molar-refractivity contribution in [2.75, 3.05) is 31.7 Å². The first kappa shape index (κ1) is 19.5. The average Bonchev–Trinajstić information content (AvgIpc) is 3.47. The Kier molecular flexibility index (Phi) is 5.33. The molecule has 0 unspecified atom stereocenters. The number of nitrogens with zero attached hydrogens (tertiary/aromatic N) is 1. The Balaban J connectivity index is 1.23. The first-order chi connectivity index (χ1) is 14.0. The second kappa shape index (κ2) is 7.91. The minimum Gasteiger partial charge on any atom is -0.454 e. The summed E-state index contributed by atoms with van der Waals surface area (Å²) in [5, 5.41) is 15.3. The van der Waals surface area contributed by atoms with Crippen LogP contribution in [0.3, 0.4) is 0 Å². The van der Waals surface area contributed by atoms with Gasteiger partial charge in [0, 0.05) is 30.5 Å². The molecular weight excluding hydrogens is 372 g/mol. The lowest BCUT2D eigenvalue weighted by molar-refractivity contribution is -0.897. The molecule has 4 rings (SSSR count). The van der Waals surface area contributed by atoms with E-state index in [0.717, 1.165) is 43.7 Å². The minimum absolute atomic E-state index is 0.00171. The molecule has 0 aromatic heterocycles. The van der Waals surface area contributed by atoms with Gasteiger partial charge < -0.3 is 25.0 Å². The molecule has 8 heteroatoms. The fraction of sp³-hybridized carbons (Fsp3) is 0.571. The van der Waals surface area contributed by atoms with Crippen molar-refractivity contribution in [3.63, 3.8) is 0 Å². The molecule has 29 heavy (non-hydrogen) atoms. The molecule has 0 radical (unpaired) electrons. The molecule has 1 saturated heterocycles. The third kappa shape index (κ3) is 4.46. The summed E-state index contributed by atoms with van der Waals surface area (Å²) >= 11 is 0. The summed E-state index contributed by atoms with van der Waals surface area (Å²) in [6.07, 6.45) is 3.47. The van der Waals surface area contributed by atoms with Crippen LogP contribution in [0, 0.1) is 23.2 Å². The number of fused-ring (bicyclic) bond motifs is 1. The predicted octanol–water partition coefficient (Wildman–Crippen LogP) is 0.457. The van der Waals surface area contributed by atoms with Gasteiger partial charge in [-0.3, -0.25) is 9.59 Å². The van der Waals surface area contributed by atoms with Gasteiger partial charge in [-0.05, 0) is 37.8 Å². The Labute approximate surface area is 170 Å². The number of likely N-dealkylation sites (tertiary alicyclic amines) is 1. The topological polar surface area (TPSA) is 105 Å². The zero-order chi connectivity index (χ0) is 20.4. The highest BCUT2D eigenvalue weighted by Crippen LogP contribution is 2.39. The van der Waals surface area contributed by atoms with Crippen molar-refractivity contribution in [3.8, 4) is 17.6 Å². The van der Waals surface area contributed by atoms with Gasteiger partial charge in [-0.25, -0.2) is 0 Å². The molecule has 2 aliphatic heterocycles. The summed E-state index contributed by atoms with van der Waals surface area (Å²) in [6, 6.07) is 7.63. The predicted molar refractivity (Wildman–Crippen MR) is 104 cm³/mol. The van der Waals surface area contributed by atoms with Crippen LogP contribution >= 0.6 is 0 Å². The molecule has 2 heterocycles. The average molecular weight is 399 g/mol. The van der Waals surface area contributed by atoms with E-state index in [0.29, 0.717) is 23.7 Å². The monoisotopic (exact) mass is 399 g/mol. The van der Waals surface area contributed by atoms with E-state index in [1.54, 1.807) is 12.1 Å². The Hall–Kier alpha value is -2.79. The largest absolute Gasteiger partial charge is 0.454 e. The lowest BCUT2D eigenvalue weighted by atomic mass is 9.95. The number of carbonyl (C=O) groups excluding carboxylic acids is 2. The molecule has 2 fully saturated rings. The van der Waals surface area contributed by atoms with Crippen molar-refractivity contribution >= 4 is 17.5 Å². The summed E-state index contributed by atoms with van der Waals surface area (Å²) in [6.45, 7) is 3.89. The van der Waals surface area contributed by atoms with Gasteiger partial charge in [-0.1, -0.05) is 0 Å². The number of rotatable bonds is 6. The Morgan fingerprint density at radius 2 is 1.93 bits per heavy atom. The Morgan fingerprint density at radius 3 is 2.62 bits per heavy atom. The lowest BCUT2D eigenvalue weighted by Gasteiger charge is -2.29. The van der Waals surface area contributed by atoms with Crippen molar-refractivity contribution in [1.29, 1.82) is 5.26 Å². The second-order valence-electron chi connectivity index (χ2n) is 8.39. The molecule has 1 atom stereocenters. The van der Waals surface area contributed by atoms with Crippen LogP contribution in [0.1, 0.15) is 32.6 Å². The van der Waals surface area contributed by atoms with Gasteiger partial charge in [-0.2, -0.15) is 5.26 Å². The molecule has 3 N–H and O–H groups in total. The minimum atomic E-state index is -0.751. The third-order valence-electron chi connectivity index (χ3n) is 6.14. The maximum atomic E-state index is 12.6. The van der Waals surface area contributed by atoms with Crippen molar-refractivity contribution in [2.45, 2.75) is 38.1 Å². The lowest BCUT2D eigenvalue weighted by Crippen LogP contribution is -3.14. The molecule has 0 bridgehead atoms. The van der Waals surface area contributed by atoms with E-state index in [1.807, 2.05) is 13.0 Å². The molecule has 1 aromatic rings. The summed E-state index contributed by atoms with van der Waals surface area (Å²) in [5.74, 6) is 1.45. The van der Waals surface area contributed by atoms with Crippen LogP contribution in [-0.2, 0) is 9.59 Å². The number of hydrogen-bond acceptors (Lipinski definition) is 5. The SMILES string of the molecule is C[C@@](C#N)(NC(=O)C[NH+]1CCC(C(=O)Nc2ccc3c(c2)OCO3)CC1)C1CC1. The highest BCUT2D eigenvalue weighted by Gasteiger charge is 2.43. The molecule has 154 valence electrons. The van der Waals surface area contributed by atoms with Gasteiger partial charge >= 0.3 is 0 Å². The number of benzene rings is 1. The zero-order valence-electron chi connectivity index (χ0n) is 16.6. The van der Waals surface area contributed by atoms with Crippen LogP contribution in [0.4, 0.5) is 5.69 Å². The fourth-order valence-electron chi connectivity index (χ4n) is 4.13. The number of ether oxygens (including phenoxy) is 2. The van der Waals surface area contributed by atoms with Gasteiger partial charge in [0.15, 0.2) is 18.0 Å². The summed E-state index contributed by atoms with van der Waals surface area (Å²) in [5.41, 5.74) is -0.0523. The summed E-state index contributed by atoms with van der Waals surface area (Å²) < 4.78 is 10.6. The molecule has 0 spiro atoms. The maximum Gasteiger partial charge on any atom is 0.276 e. The highest BCUT2D eigenvalue weighted by molar-refractivity contribution is 5.93. The first-order valence-corrected chi connectivity index (χ1v) is 10.2. The van der Waals surface area contributed by atoms with E-state index in [9.17, 15) is 14.9 Å². The summed E-state index contributed by atoms with van der Waals surface area (Å²) in [4.78, 5) is 26.1. The number of nitrogens with one attached hydrogen (secondary N) is 3. The van der Waals surface area contributed by atoms with E-state index in [4.69, 9.17) is 9.47 Å². The number of quaternary nitrogens is 1. The smallest absolute Gasteiger partial charge is 0.276 e. The molecule has 3 aliphatic rings. The fourth-order valence-corrected chi connectivity index (χ4v) is 4.13. The van der Waals surface area contributed by atoms with E-state index in [1.165, 1.54) is 0 Å². The quantitative estimate of drug-likeness (QED) is 0.645. The van der Waals surface area contributed by atoms with Crippen molar-refractivity contribution in [1.82, 2.24) is 5.32 Å². The maximum absolute atomic E-state index is 12.6. The van der Waals surface area contributed by atoms with Crippen LogP contribution in [0.25, 0.3) is 0 Å². The zero-order valence-corrected chi connectivity index (χ0v) is 16.6.